The van der Waals surface area contributed by atoms with Crippen LogP contribution in [-0.4, -0.2) is 56.7 Å². The summed E-state index contributed by atoms with van der Waals surface area (Å²) in [5, 5.41) is 9.14. The first kappa shape index (κ1) is 24.6. The molecule has 2 aliphatic rings. The van der Waals surface area contributed by atoms with Gasteiger partial charge in [0, 0.05) is 50.7 Å². The van der Waals surface area contributed by atoms with Crippen molar-refractivity contribution < 1.29 is 14.3 Å². The maximum atomic E-state index is 13.6. The summed E-state index contributed by atoms with van der Waals surface area (Å²) in [7, 11) is 0. The minimum atomic E-state index is -0.273. The minimum absolute atomic E-state index is 0.00287. The second kappa shape index (κ2) is 9.61. The Morgan fingerprint density at radius 2 is 1.85 bits per heavy atom. The summed E-state index contributed by atoms with van der Waals surface area (Å²) in [6.07, 6.45) is 3.26. The lowest BCUT2D eigenvalue weighted by molar-refractivity contribution is -0.128. The van der Waals surface area contributed by atoms with Crippen LogP contribution in [0, 0.1) is 19.8 Å². The predicted octanol–water partition coefficient (Wildman–Crippen LogP) is 3.96. The molecule has 0 spiro atoms. The average molecular weight is 467 g/mol. The highest BCUT2D eigenvalue weighted by Gasteiger charge is 2.43. The van der Waals surface area contributed by atoms with Crippen molar-refractivity contribution in [1.29, 1.82) is 0 Å². The Labute approximate surface area is 202 Å². The third kappa shape index (κ3) is 5.57. The molecule has 2 aromatic rings. The van der Waals surface area contributed by atoms with E-state index in [0.717, 1.165) is 35.6 Å². The normalized spacial score (nSPS) is 20.7. The first-order chi connectivity index (χ1) is 16.0. The fraction of sp³-hybridized carbons (Fsp3) is 0.630. The van der Waals surface area contributed by atoms with Crippen molar-refractivity contribution in [3.8, 4) is 0 Å². The number of nitrogens with zero attached hydrogens (tertiary/aromatic N) is 4. The number of ketones is 1. The van der Waals surface area contributed by atoms with Crippen LogP contribution in [0.2, 0.25) is 0 Å². The summed E-state index contributed by atoms with van der Waals surface area (Å²) in [4.78, 5) is 27.6. The molecule has 184 valence electrons. The van der Waals surface area contributed by atoms with Crippen molar-refractivity contribution in [2.75, 3.05) is 19.7 Å². The summed E-state index contributed by atoms with van der Waals surface area (Å²) < 4.78 is 8.18. The van der Waals surface area contributed by atoms with Crippen LogP contribution in [0.25, 0.3) is 0 Å². The zero-order valence-electron chi connectivity index (χ0n) is 21.4. The molecular formula is C27H38N4O3. The fourth-order valence-electron chi connectivity index (χ4n) is 4.95. The number of hydrogen-bond donors (Lipinski definition) is 0. The second-order valence-corrected chi connectivity index (χ2v) is 11.0. The lowest BCUT2D eigenvalue weighted by Gasteiger charge is -2.20. The van der Waals surface area contributed by atoms with Crippen LogP contribution in [0.3, 0.4) is 0 Å². The molecule has 1 aromatic carbocycles. The van der Waals surface area contributed by atoms with Crippen molar-refractivity contribution in [1.82, 2.24) is 19.7 Å². The molecule has 0 N–H and O–H groups in total. The van der Waals surface area contributed by atoms with Gasteiger partial charge in [-0.25, -0.2) is 0 Å². The Balaban J connectivity index is 1.59. The van der Waals surface area contributed by atoms with Crippen LogP contribution in [0.15, 0.2) is 18.2 Å². The third-order valence-electron chi connectivity index (χ3n) is 6.94. The van der Waals surface area contributed by atoms with Gasteiger partial charge in [0.05, 0.1) is 12.2 Å². The van der Waals surface area contributed by atoms with E-state index in [0.29, 0.717) is 38.6 Å². The molecule has 2 atom stereocenters. The van der Waals surface area contributed by atoms with Gasteiger partial charge < -0.3 is 14.2 Å². The van der Waals surface area contributed by atoms with Crippen molar-refractivity contribution in [2.45, 2.75) is 84.8 Å². The standard InChI is InChI=1S/C27H38N4O3/c1-17-7-8-20(18(2)13-17)14-24(33)22-15-30(19(3)32)16-23(22)26-29-28-25(31(26)21-9-10-21)11-12-34-27(4,5)6/h7-8,13,21-23H,9-12,14-16H2,1-6H3/t22-,23-/m0/s1. The van der Waals surface area contributed by atoms with Crippen molar-refractivity contribution >= 4 is 11.7 Å². The van der Waals surface area contributed by atoms with Crippen LogP contribution in [0.1, 0.15) is 80.8 Å². The highest BCUT2D eigenvalue weighted by atomic mass is 16.5. The Morgan fingerprint density at radius 3 is 2.47 bits per heavy atom. The molecule has 0 bridgehead atoms. The van der Waals surface area contributed by atoms with Crippen LogP contribution in [0.5, 0.6) is 0 Å². The molecule has 7 nitrogen and oxygen atoms in total. The number of hydrogen-bond acceptors (Lipinski definition) is 5. The van der Waals surface area contributed by atoms with Crippen LogP contribution in [0.4, 0.5) is 0 Å². The zero-order valence-corrected chi connectivity index (χ0v) is 21.4. The molecule has 0 radical (unpaired) electrons. The number of rotatable bonds is 8. The van der Waals surface area contributed by atoms with Gasteiger partial charge in [-0.15, -0.1) is 10.2 Å². The Hall–Kier alpha value is -2.54. The van der Waals surface area contributed by atoms with E-state index >= 15 is 0 Å². The molecule has 4 rings (SSSR count). The van der Waals surface area contributed by atoms with Crippen molar-refractivity contribution in [3.63, 3.8) is 0 Å². The van der Waals surface area contributed by atoms with E-state index in [1.807, 2.05) is 20.8 Å². The lowest BCUT2D eigenvalue weighted by atomic mass is 9.87. The molecule has 34 heavy (non-hydrogen) atoms. The van der Waals surface area contributed by atoms with E-state index in [9.17, 15) is 9.59 Å². The molecule has 2 heterocycles. The molecule has 1 saturated heterocycles. The zero-order chi connectivity index (χ0) is 24.6. The van der Waals surface area contributed by atoms with Gasteiger partial charge >= 0.3 is 0 Å². The van der Waals surface area contributed by atoms with Gasteiger partial charge in [-0.05, 0) is 58.6 Å². The number of aromatic nitrogens is 3. The number of amides is 1. The SMILES string of the molecule is CC(=O)N1C[C@H](C(=O)Cc2ccc(C)cc2C)[C@@H](c2nnc(CCOC(C)(C)C)n2C2CC2)C1. The topological polar surface area (TPSA) is 77.3 Å². The summed E-state index contributed by atoms with van der Waals surface area (Å²) in [6, 6.07) is 6.61. The predicted molar refractivity (Wildman–Crippen MR) is 131 cm³/mol. The van der Waals surface area contributed by atoms with Gasteiger partial charge in [-0.1, -0.05) is 23.8 Å². The molecule has 1 amide bonds. The highest BCUT2D eigenvalue weighted by molar-refractivity contribution is 5.86. The number of carbonyl (C=O) groups is 2. The number of likely N-dealkylation sites (tertiary alicyclic amines) is 1. The molecule has 0 unspecified atom stereocenters. The summed E-state index contributed by atoms with van der Waals surface area (Å²) in [6.45, 7) is 13.4. The molecule has 7 heteroatoms. The number of aryl methyl sites for hydroxylation is 2. The lowest BCUT2D eigenvalue weighted by Crippen LogP contribution is -2.28. The van der Waals surface area contributed by atoms with Gasteiger partial charge in [0.2, 0.25) is 5.91 Å². The summed E-state index contributed by atoms with van der Waals surface area (Å²) >= 11 is 0. The fourth-order valence-corrected chi connectivity index (χ4v) is 4.95. The van der Waals surface area contributed by atoms with Crippen LogP contribution < -0.4 is 0 Å². The number of Topliss-reactive ketones (excluding diaryl/α,β-unsaturated/α-hetero) is 1. The van der Waals surface area contributed by atoms with Gasteiger partial charge in [-0.3, -0.25) is 9.59 Å². The maximum absolute atomic E-state index is 13.6. The quantitative estimate of drug-likeness (QED) is 0.589. The second-order valence-electron chi connectivity index (χ2n) is 11.0. The molecule has 2 fully saturated rings. The van der Waals surface area contributed by atoms with E-state index in [1.54, 1.807) is 11.8 Å². The van der Waals surface area contributed by atoms with E-state index < -0.39 is 0 Å². The highest BCUT2D eigenvalue weighted by Crippen LogP contribution is 2.41. The van der Waals surface area contributed by atoms with Gasteiger partial charge in [0.25, 0.3) is 0 Å². The Kier molecular flexibility index (Phi) is 6.94. The monoisotopic (exact) mass is 466 g/mol. The molecule has 1 saturated carbocycles. The minimum Gasteiger partial charge on any atom is -0.375 e. The summed E-state index contributed by atoms with van der Waals surface area (Å²) in [5.41, 5.74) is 3.18. The smallest absolute Gasteiger partial charge is 0.219 e. The average Bonchev–Trinajstić information content (AvgIpc) is 3.33. The number of ether oxygens (including phenoxy) is 1. The van der Waals surface area contributed by atoms with E-state index in [1.165, 1.54) is 5.56 Å². The van der Waals surface area contributed by atoms with Crippen molar-refractivity contribution in [2.24, 2.45) is 5.92 Å². The van der Waals surface area contributed by atoms with Gasteiger partial charge in [0.15, 0.2) is 0 Å². The first-order valence-electron chi connectivity index (χ1n) is 12.5. The van der Waals surface area contributed by atoms with E-state index in [4.69, 9.17) is 4.74 Å². The molecule has 1 aromatic heterocycles. The maximum Gasteiger partial charge on any atom is 0.219 e. The Morgan fingerprint density at radius 1 is 1.12 bits per heavy atom. The largest absolute Gasteiger partial charge is 0.375 e. The van der Waals surface area contributed by atoms with Crippen LogP contribution >= 0.6 is 0 Å². The number of carbonyl (C=O) groups excluding carboxylic acids is 2. The molecular weight excluding hydrogens is 428 g/mol. The van der Waals surface area contributed by atoms with Gasteiger partial charge in [-0.2, -0.15) is 0 Å². The van der Waals surface area contributed by atoms with E-state index in [-0.39, 0.29) is 29.1 Å². The van der Waals surface area contributed by atoms with E-state index in [2.05, 4.69) is 46.8 Å². The van der Waals surface area contributed by atoms with Crippen LogP contribution in [-0.2, 0) is 27.2 Å². The third-order valence-corrected chi connectivity index (χ3v) is 6.94. The van der Waals surface area contributed by atoms with Crippen molar-refractivity contribution in [3.05, 3.63) is 46.5 Å². The number of benzene rings is 1. The molecule has 1 aliphatic heterocycles. The summed E-state index contributed by atoms with van der Waals surface area (Å²) in [5.74, 6) is 1.55. The molecule has 1 aliphatic carbocycles. The first-order valence-corrected chi connectivity index (χ1v) is 12.5. The van der Waals surface area contributed by atoms with Gasteiger partial charge in [0.1, 0.15) is 17.4 Å². The Bertz CT molecular complexity index is 1060.